The van der Waals surface area contributed by atoms with E-state index in [1.54, 1.807) is 6.20 Å². The fourth-order valence-corrected chi connectivity index (χ4v) is 3.58. The molecule has 0 saturated carbocycles. The Labute approximate surface area is 159 Å². The molecule has 6 heteroatoms. The number of rotatable bonds is 6. The number of piperazine rings is 1. The predicted octanol–water partition coefficient (Wildman–Crippen LogP) is 3.34. The molecule has 1 fully saturated rings. The van der Waals surface area contributed by atoms with Crippen LogP contribution in [0.4, 0.5) is 5.82 Å². The topological polar surface area (TPSA) is 41.4 Å². The Hall–Kier alpha value is -2.11. The van der Waals surface area contributed by atoms with E-state index in [1.165, 1.54) is 0 Å². The summed E-state index contributed by atoms with van der Waals surface area (Å²) in [7, 11) is 0. The van der Waals surface area contributed by atoms with Gasteiger partial charge in [-0.1, -0.05) is 17.7 Å². The molecule has 0 atom stereocenters. The second-order valence-electron chi connectivity index (χ2n) is 6.71. The number of aromatic nitrogens is 2. The van der Waals surface area contributed by atoms with Crippen molar-refractivity contribution < 1.29 is 4.79 Å². The second-order valence-corrected chi connectivity index (χ2v) is 7.14. The average Bonchev–Trinajstić information content (AvgIpc) is 2.92. The highest BCUT2D eigenvalue weighted by Crippen LogP contribution is 2.18. The van der Waals surface area contributed by atoms with Crippen molar-refractivity contribution in [2.24, 2.45) is 0 Å². The van der Waals surface area contributed by atoms with Crippen LogP contribution in [0, 0.1) is 13.8 Å². The first-order valence-corrected chi connectivity index (χ1v) is 9.27. The van der Waals surface area contributed by atoms with Crippen molar-refractivity contribution in [3.63, 3.8) is 0 Å². The Kier molecular flexibility index (Phi) is 5.79. The highest BCUT2D eigenvalue weighted by molar-refractivity contribution is 6.30. The number of hydrogen-bond acceptors (Lipinski definition) is 4. The Bertz CT molecular complexity index is 789. The van der Waals surface area contributed by atoms with E-state index >= 15 is 0 Å². The number of carbonyl (C=O) groups is 1. The van der Waals surface area contributed by atoms with Crippen LogP contribution in [0.15, 0.2) is 37.1 Å². The van der Waals surface area contributed by atoms with Gasteiger partial charge in [-0.3, -0.25) is 9.69 Å². The summed E-state index contributed by atoms with van der Waals surface area (Å²) in [5, 5.41) is 0.645. The number of allylic oxidation sites excluding steroid dienone is 1. The number of hydrogen-bond donors (Lipinski definition) is 0. The van der Waals surface area contributed by atoms with Gasteiger partial charge in [-0.15, -0.1) is 6.58 Å². The second kappa shape index (κ2) is 8.06. The molecule has 0 aliphatic carbocycles. The van der Waals surface area contributed by atoms with Gasteiger partial charge in [0.1, 0.15) is 5.82 Å². The van der Waals surface area contributed by atoms with Gasteiger partial charge in [0.05, 0.1) is 11.6 Å². The molecule has 5 nitrogen and oxygen atoms in total. The molecule has 2 aromatic heterocycles. The zero-order valence-corrected chi connectivity index (χ0v) is 16.2. The van der Waals surface area contributed by atoms with Crippen molar-refractivity contribution in [2.45, 2.75) is 20.4 Å². The minimum absolute atomic E-state index is 0.187. The molecule has 26 heavy (non-hydrogen) atoms. The lowest BCUT2D eigenvalue weighted by Gasteiger charge is -2.35. The van der Waals surface area contributed by atoms with Crippen LogP contribution in [0.3, 0.4) is 0 Å². The molecule has 138 valence electrons. The third-order valence-electron chi connectivity index (χ3n) is 4.96. The zero-order valence-electron chi connectivity index (χ0n) is 15.4. The number of nitrogens with zero attached hydrogens (tertiary/aromatic N) is 4. The van der Waals surface area contributed by atoms with Crippen molar-refractivity contribution in [3.05, 3.63) is 59.0 Å². The Morgan fingerprint density at radius 3 is 2.62 bits per heavy atom. The Morgan fingerprint density at radius 1 is 1.27 bits per heavy atom. The van der Waals surface area contributed by atoms with Crippen LogP contribution in [-0.2, 0) is 6.54 Å². The van der Waals surface area contributed by atoms with Crippen molar-refractivity contribution in [1.29, 1.82) is 0 Å². The van der Waals surface area contributed by atoms with Crippen LogP contribution in [0.2, 0.25) is 5.02 Å². The van der Waals surface area contributed by atoms with Gasteiger partial charge in [-0.05, 0) is 32.0 Å². The standard InChI is InChI=1S/C20H25ClN4O/c1-4-7-25-15(2)12-18(16(25)3)19(26)14-23-8-10-24(11-9-23)20-6-5-17(21)13-22-20/h4-6,12-13H,1,7-11,14H2,2-3H3. The molecule has 3 heterocycles. The predicted molar refractivity (Wildman–Crippen MR) is 106 cm³/mol. The highest BCUT2D eigenvalue weighted by atomic mass is 35.5. The molecule has 0 unspecified atom stereocenters. The van der Waals surface area contributed by atoms with Crippen LogP contribution in [0.1, 0.15) is 21.7 Å². The smallest absolute Gasteiger partial charge is 0.178 e. The summed E-state index contributed by atoms with van der Waals surface area (Å²) in [4.78, 5) is 21.6. The van der Waals surface area contributed by atoms with Crippen LogP contribution >= 0.6 is 11.6 Å². The number of ketones is 1. The molecule has 0 radical (unpaired) electrons. The van der Waals surface area contributed by atoms with E-state index in [0.717, 1.165) is 55.5 Å². The third kappa shape index (κ3) is 4.00. The summed E-state index contributed by atoms with van der Waals surface area (Å²) < 4.78 is 2.13. The summed E-state index contributed by atoms with van der Waals surface area (Å²) in [6, 6.07) is 5.80. The minimum Gasteiger partial charge on any atom is -0.354 e. The molecule has 0 spiro atoms. The first-order valence-electron chi connectivity index (χ1n) is 8.89. The Balaban J connectivity index is 1.59. The Morgan fingerprint density at radius 2 is 2.00 bits per heavy atom. The fourth-order valence-electron chi connectivity index (χ4n) is 3.47. The van der Waals surface area contributed by atoms with Crippen molar-refractivity contribution in [3.8, 4) is 0 Å². The van der Waals surface area contributed by atoms with E-state index in [2.05, 4.69) is 25.9 Å². The van der Waals surface area contributed by atoms with Gasteiger partial charge in [0.25, 0.3) is 0 Å². The summed E-state index contributed by atoms with van der Waals surface area (Å²) >= 11 is 5.90. The lowest BCUT2D eigenvalue weighted by atomic mass is 10.1. The van der Waals surface area contributed by atoms with E-state index in [-0.39, 0.29) is 5.78 Å². The maximum absolute atomic E-state index is 12.8. The molecular formula is C20H25ClN4O. The van der Waals surface area contributed by atoms with Crippen LogP contribution in [0.5, 0.6) is 0 Å². The maximum Gasteiger partial charge on any atom is 0.178 e. The molecular weight excluding hydrogens is 348 g/mol. The average molecular weight is 373 g/mol. The zero-order chi connectivity index (χ0) is 18.7. The summed E-state index contributed by atoms with van der Waals surface area (Å²) in [6.07, 6.45) is 3.53. The molecule has 1 aliphatic rings. The van der Waals surface area contributed by atoms with Crippen LogP contribution in [-0.4, -0.2) is 53.0 Å². The van der Waals surface area contributed by atoms with Gasteiger partial charge >= 0.3 is 0 Å². The molecule has 1 saturated heterocycles. The molecule has 0 bridgehead atoms. The van der Waals surface area contributed by atoms with Gasteiger partial charge in [0, 0.05) is 55.9 Å². The molecule has 2 aromatic rings. The molecule has 0 N–H and O–H groups in total. The van der Waals surface area contributed by atoms with Gasteiger partial charge in [-0.2, -0.15) is 0 Å². The molecule has 0 aromatic carbocycles. The van der Waals surface area contributed by atoms with Crippen molar-refractivity contribution in [1.82, 2.24) is 14.5 Å². The van der Waals surface area contributed by atoms with Gasteiger partial charge in [0.15, 0.2) is 5.78 Å². The van der Waals surface area contributed by atoms with Gasteiger partial charge in [-0.25, -0.2) is 4.98 Å². The summed E-state index contributed by atoms with van der Waals surface area (Å²) in [5.41, 5.74) is 2.95. The SMILES string of the molecule is C=CCn1c(C)cc(C(=O)CN2CCN(c3ccc(Cl)cn3)CC2)c1C. The summed E-state index contributed by atoms with van der Waals surface area (Å²) in [6.45, 7) is 12.4. The fraction of sp³-hybridized carbons (Fsp3) is 0.400. The van der Waals surface area contributed by atoms with Crippen LogP contribution in [0.25, 0.3) is 0 Å². The minimum atomic E-state index is 0.187. The third-order valence-corrected chi connectivity index (χ3v) is 5.18. The number of aryl methyl sites for hydroxylation is 1. The lowest BCUT2D eigenvalue weighted by Crippen LogP contribution is -2.48. The van der Waals surface area contributed by atoms with Crippen LogP contribution < -0.4 is 4.90 Å². The number of pyridine rings is 1. The van der Waals surface area contributed by atoms with Gasteiger partial charge in [0.2, 0.25) is 0 Å². The first-order chi connectivity index (χ1) is 12.5. The number of halogens is 1. The van der Waals surface area contributed by atoms with E-state index in [4.69, 9.17) is 11.6 Å². The van der Waals surface area contributed by atoms with Crippen molar-refractivity contribution in [2.75, 3.05) is 37.6 Å². The molecule has 0 amide bonds. The number of Topliss-reactive ketones (excluding diaryl/α,β-unsaturated/α-hetero) is 1. The lowest BCUT2D eigenvalue weighted by molar-refractivity contribution is 0.0925. The molecule has 1 aliphatic heterocycles. The van der Waals surface area contributed by atoms with E-state index in [9.17, 15) is 4.79 Å². The monoisotopic (exact) mass is 372 g/mol. The molecule has 3 rings (SSSR count). The van der Waals surface area contributed by atoms with E-state index in [0.29, 0.717) is 11.6 Å². The van der Waals surface area contributed by atoms with E-state index in [1.807, 2.05) is 38.1 Å². The van der Waals surface area contributed by atoms with E-state index < -0.39 is 0 Å². The maximum atomic E-state index is 12.8. The number of anilines is 1. The van der Waals surface area contributed by atoms with Gasteiger partial charge < -0.3 is 9.47 Å². The first kappa shape index (κ1) is 18.7. The van der Waals surface area contributed by atoms with Crippen molar-refractivity contribution >= 4 is 23.2 Å². The summed E-state index contributed by atoms with van der Waals surface area (Å²) in [5.74, 6) is 1.12. The highest BCUT2D eigenvalue weighted by Gasteiger charge is 2.22. The quantitative estimate of drug-likeness (QED) is 0.576. The number of carbonyl (C=O) groups excluding carboxylic acids is 1. The normalized spacial score (nSPS) is 15.3. The largest absolute Gasteiger partial charge is 0.354 e.